The Morgan fingerprint density at radius 1 is 1.09 bits per heavy atom. The molecule has 4 nitrogen and oxygen atoms in total. The lowest BCUT2D eigenvalue weighted by Gasteiger charge is -2.39. The van der Waals surface area contributed by atoms with E-state index in [0.29, 0.717) is 5.52 Å². The highest BCUT2D eigenvalue weighted by molar-refractivity contribution is 5.78. The summed E-state index contributed by atoms with van der Waals surface area (Å²) in [4.78, 5) is 14.9. The minimum Gasteiger partial charge on any atom is -0.496 e. The van der Waals surface area contributed by atoms with Gasteiger partial charge in [-0.15, -0.1) is 0 Å². The van der Waals surface area contributed by atoms with Crippen LogP contribution in [0.1, 0.15) is 24.5 Å². The fourth-order valence-electron chi connectivity index (χ4n) is 3.94. The summed E-state index contributed by atoms with van der Waals surface area (Å²) in [5.74, 6) is -0.766. The second kappa shape index (κ2) is 8.54. The van der Waals surface area contributed by atoms with Gasteiger partial charge in [-0.1, -0.05) is 13.0 Å². The highest BCUT2D eigenvalue weighted by Crippen LogP contribution is 2.45. The second-order valence-electron chi connectivity index (χ2n) is 8.14. The lowest BCUT2D eigenvalue weighted by Crippen LogP contribution is -2.52. The first-order valence-electron chi connectivity index (χ1n) is 9.72. The predicted octanol–water partition coefficient (Wildman–Crippen LogP) is 4.83. The van der Waals surface area contributed by atoms with Gasteiger partial charge >= 0.3 is 6.18 Å². The molecule has 1 aromatic heterocycles. The third kappa shape index (κ3) is 4.48. The molecule has 0 radical (unpaired) electrons. The van der Waals surface area contributed by atoms with Gasteiger partial charge in [-0.25, -0.2) is 4.39 Å². The van der Waals surface area contributed by atoms with Crippen LogP contribution >= 0.6 is 0 Å². The maximum atomic E-state index is 14.2. The number of alkyl halides is 4. The highest BCUT2D eigenvalue weighted by atomic mass is 19.4. The zero-order valence-corrected chi connectivity index (χ0v) is 17.4. The van der Waals surface area contributed by atoms with Crippen molar-refractivity contribution in [1.82, 2.24) is 4.98 Å². The summed E-state index contributed by atoms with van der Waals surface area (Å²) in [6.07, 6.45) is -5.74. The van der Waals surface area contributed by atoms with E-state index in [0.717, 1.165) is 12.1 Å². The Morgan fingerprint density at radius 3 is 2.44 bits per heavy atom. The van der Waals surface area contributed by atoms with Crippen LogP contribution in [0.4, 0.5) is 22.0 Å². The molecule has 0 spiro atoms. The van der Waals surface area contributed by atoms with Gasteiger partial charge in [0.15, 0.2) is 11.0 Å². The van der Waals surface area contributed by atoms with Gasteiger partial charge in [-0.05, 0) is 42.3 Å². The first kappa shape index (κ1) is 23.7. The van der Waals surface area contributed by atoms with Crippen LogP contribution in [0.15, 0.2) is 53.5 Å². The molecule has 32 heavy (non-hydrogen) atoms. The van der Waals surface area contributed by atoms with Crippen molar-refractivity contribution < 1.29 is 31.8 Å². The molecule has 0 fully saturated rings. The number of nitrogens with one attached hydrogen (secondary N) is 1. The number of hydrogen-bond acceptors (Lipinski definition) is 3. The highest BCUT2D eigenvalue weighted by Gasteiger charge is 2.57. The zero-order chi connectivity index (χ0) is 23.7. The van der Waals surface area contributed by atoms with Crippen molar-refractivity contribution in [1.29, 1.82) is 0 Å². The van der Waals surface area contributed by atoms with Crippen molar-refractivity contribution >= 4 is 10.9 Å². The van der Waals surface area contributed by atoms with E-state index in [9.17, 15) is 31.9 Å². The van der Waals surface area contributed by atoms with E-state index >= 15 is 0 Å². The SMILES string of the molecule is COc1ccc(F)cc1C(C)(CF)CC(O)(Cc1ccc2[nH]ccc(=O)c2c1)C(F)(F)F. The number of aromatic amines is 1. The van der Waals surface area contributed by atoms with Gasteiger partial charge < -0.3 is 14.8 Å². The molecule has 172 valence electrons. The standard InChI is InChI=1S/C23H22F5NO3/c1-21(13-24,17-10-15(25)4-6-20(17)32-2)12-22(31,23(26,27)28)11-14-3-5-18-16(9-14)19(30)7-8-29-18/h3-10,31H,11-13H2,1-2H3,(H,29,30). The predicted molar refractivity (Wildman–Crippen MR) is 110 cm³/mol. The van der Waals surface area contributed by atoms with Crippen LogP contribution in [0.5, 0.6) is 5.75 Å². The van der Waals surface area contributed by atoms with Gasteiger partial charge in [0.1, 0.15) is 11.6 Å². The Kier molecular flexibility index (Phi) is 6.33. The van der Waals surface area contributed by atoms with Crippen molar-refractivity contribution in [3.63, 3.8) is 0 Å². The number of halogens is 5. The summed E-state index contributed by atoms with van der Waals surface area (Å²) >= 11 is 0. The summed E-state index contributed by atoms with van der Waals surface area (Å²) in [5, 5.41) is 11.0. The molecule has 0 aliphatic rings. The Hall–Kier alpha value is -2.94. The van der Waals surface area contributed by atoms with E-state index < -0.39 is 48.0 Å². The number of aliphatic hydroxyl groups is 1. The zero-order valence-electron chi connectivity index (χ0n) is 17.4. The van der Waals surface area contributed by atoms with E-state index in [4.69, 9.17) is 4.74 Å². The molecule has 0 saturated heterocycles. The number of rotatable bonds is 7. The van der Waals surface area contributed by atoms with Crippen LogP contribution in [-0.4, -0.2) is 35.7 Å². The molecular formula is C23H22F5NO3. The third-order valence-corrected chi connectivity index (χ3v) is 5.64. The van der Waals surface area contributed by atoms with Crippen molar-refractivity contribution in [2.75, 3.05) is 13.8 Å². The van der Waals surface area contributed by atoms with Gasteiger partial charge in [0.25, 0.3) is 0 Å². The van der Waals surface area contributed by atoms with Crippen molar-refractivity contribution in [2.24, 2.45) is 0 Å². The molecular weight excluding hydrogens is 433 g/mol. The number of hydrogen-bond donors (Lipinski definition) is 2. The second-order valence-corrected chi connectivity index (χ2v) is 8.14. The quantitative estimate of drug-likeness (QED) is 0.502. The Bertz CT molecular complexity index is 1180. The molecule has 2 N–H and O–H groups in total. The van der Waals surface area contributed by atoms with E-state index in [1.165, 1.54) is 50.6 Å². The molecule has 2 unspecified atom stereocenters. The average Bonchev–Trinajstić information content (AvgIpc) is 2.73. The molecule has 2 aromatic carbocycles. The van der Waals surface area contributed by atoms with Crippen LogP contribution in [0.3, 0.4) is 0 Å². The molecule has 0 bridgehead atoms. The lowest BCUT2D eigenvalue weighted by molar-refractivity contribution is -0.267. The summed E-state index contributed by atoms with van der Waals surface area (Å²) in [7, 11) is 1.23. The molecule has 2 atom stereocenters. The number of aromatic nitrogens is 1. The van der Waals surface area contributed by atoms with Crippen LogP contribution in [0.25, 0.3) is 10.9 Å². The van der Waals surface area contributed by atoms with Gasteiger partial charge in [0.05, 0.1) is 13.8 Å². The molecule has 0 aliphatic carbocycles. The van der Waals surface area contributed by atoms with Gasteiger partial charge in [0, 0.05) is 40.6 Å². The van der Waals surface area contributed by atoms with Crippen molar-refractivity contribution in [2.45, 2.75) is 37.0 Å². The maximum Gasteiger partial charge on any atom is 0.417 e. The fraction of sp³-hybridized carbons (Fsp3) is 0.348. The fourth-order valence-corrected chi connectivity index (χ4v) is 3.94. The monoisotopic (exact) mass is 455 g/mol. The minimum absolute atomic E-state index is 0.00770. The smallest absolute Gasteiger partial charge is 0.417 e. The number of pyridine rings is 1. The van der Waals surface area contributed by atoms with Crippen LogP contribution in [-0.2, 0) is 11.8 Å². The Labute approximate surface area is 180 Å². The topological polar surface area (TPSA) is 62.3 Å². The first-order chi connectivity index (χ1) is 14.9. The largest absolute Gasteiger partial charge is 0.496 e. The molecule has 0 saturated carbocycles. The molecule has 1 heterocycles. The van der Waals surface area contributed by atoms with Crippen molar-refractivity contribution in [3.05, 3.63) is 75.8 Å². The third-order valence-electron chi connectivity index (χ3n) is 5.64. The van der Waals surface area contributed by atoms with E-state index in [1.807, 2.05) is 0 Å². The van der Waals surface area contributed by atoms with E-state index in [1.54, 1.807) is 0 Å². The molecule has 0 aliphatic heterocycles. The van der Waals surface area contributed by atoms with Crippen LogP contribution in [0.2, 0.25) is 0 Å². The first-order valence-corrected chi connectivity index (χ1v) is 9.72. The van der Waals surface area contributed by atoms with Gasteiger partial charge in [-0.2, -0.15) is 13.2 Å². The molecule has 0 amide bonds. The summed E-state index contributed by atoms with van der Waals surface area (Å²) in [6.45, 7) is -0.130. The lowest BCUT2D eigenvalue weighted by atomic mass is 9.72. The molecule has 3 aromatic rings. The Balaban J connectivity index is 2.07. The summed E-state index contributed by atoms with van der Waals surface area (Å²) in [6, 6.07) is 8.44. The summed E-state index contributed by atoms with van der Waals surface area (Å²) < 4.78 is 75.4. The molecule has 3 rings (SSSR count). The maximum absolute atomic E-state index is 14.2. The van der Waals surface area contributed by atoms with E-state index in [-0.39, 0.29) is 22.3 Å². The number of benzene rings is 2. The number of H-pyrrole nitrogens is 1. The number of fused-ring (bicyclic) bond motifs is 1. The van der Waals surface area contributed by atoms with Crippen LogP contribution < -0.4 is 10.2 Å². The minimum atomic E-state index is -5.14. The average molecular weight is 455 g/mol. The summed E-state index contributed by atoms with van der Waals surface area (Å²) in [5.41, 5.74) is -5.32. The number of ether oxygens (including phenoxy) is 1. The van der Waals surface area contributed by atoms with Gasteiger partial charge in [-0.3, -0.25) is 9.18 Å². The Morgan fingerprint density at radius 2 is 1.81 bits per heavy atom. The van der Waals surface area contributed by atoms with Gasteiger partial charge in [0.2, 0.25) is 0 Å². The normalized spacial score (nSPS) is 15.9. The molecule has 9 heteroatoms. The van der Waals surface area contributed by atoms with Crippen LogP contribution in [0, 0.1) is 5.82 Å². The van der Waals surface area contributed by atoms with E-state index in [2.05, 4.69) is 4.98 Å². The van der Waals surface area contributed by atoms with Crippen molar-refractivity contribution in [3.8, 4) is 5.75 Å². The number of methoxy groups -OCH3 is 1.